The average molecular weight is 556 g/mol. The molecule has 0 aliphatic carbocycles. The van der Waals surface area contributed by atoms with Crippen molar-refractivity contribution in [3.8, 4) is 0 Å². The third-order valence-corrected chi connectivity index (χ3v) is 6.88. The number of fused-ring (bicyclic) bond motifs is 1. The molecule has 2 N–H and O–H groups in total. The van der Waals surface area contributed by atoms with Crippen LogP contribution in [0.25, 0.3) is 16.5 Å². The van der Waals surface area contributed by atoms with Gasteiger partial charge in [0.05, 0.1) is 27.7 Å². The zero-order chi connectivity index (χ0) is 27.7. The molecule has 0 bridgehead atoms. The number of nitrogens with one attached hydrogen (secondary N) is 2. The minimum atomic E-state index is -5.04. The highest BCUT2D eigenvalue weighted by atomic mass is 32.2. The number of alkyl halides is 6. The lowest BCUT2D eigenvalue weighted by molar-refractivity contribution is -0.143. The van der Waals surface area contributed by atoms with Crippen molar-refractivity contribution >= 4 is 39.3 Å². The van der Waals surface area contributed by atoms with Gasteiger partial charge in [0.25, 0.3) is 5.91 Å². The molecule has 0 atom stereocenters. The van der Waals surface area contributed by atoms with Crippen molar-refractivity contribution in [2.45, 2.75) is 25.2 Å². The molecule has 1 aromatic heterocycles. The van der Waals surface area contributed by atoms with E-state index < -0.39 is 35.8 Å². The quantitative estimate of drug-likeness (QED) is 0.222. The van der Waals surface area contributed by atoms with Crippen LogP contribution < -0.4 is 5.32 Å². The Hall–Kier alpha value is -3.32. The lowest BCUT2D eigenvalue weighted by Gasteiger charge is -2.18. The Morgan fingerprint density at radius 3 is 2.50 bits per heavy atom. The van der Waals surface area contributed by atoms with Gasteiger partial charge in [0.2, 0.25) is 0 Å². The van der Waals surface area contributed by atoms with Crippen LogP contribution in [0.5, 0.6) is 0 Å². The van der Waals surface area contributed by atoms with E-state index in [1.165, 1.54) is 6.20 Å². The van der Waals surface area contributed by atoms with Gasteiger partial charge in [0, 0.05) is 11.9 Å². The number of benzene rings is 2. The van der Waals surface area contributed by atoms with Crippen molar-refractivity contribution in [2.24, 2.45) is 4.99 Å². The standard InChI is InChI=1S/C25H23F6N5OS/c1-36(2)9-3-8-32-23-34-22(37)21(38-23)18(14-5-7-20-16(10-14)13-33-35-20)11-15-4-6-17(24(26,27)28)12-19(15)25(29,30)31/h4-7,10,12-13H,3,8-9,11H2,1-2H3,(H,33,35)(H,32,34,37). The maximum Gasteiger partial charge on any atom is 0.416 e. The summed E-state index contributed by atoms with van der Waals surface area (Å²) in [5, 5.41) is 10.7. The average Bonchev–Trinajstić information content (AvgIpc) is 3.44. The van der Waals surface area contributed by atoms with E-state index in [0.717, 1.165) is 30.8 Å². The third-order valence-electron chi connectivity index (χ3n) is 5.83. The first-order chi connectivity index (χ1) is 17.8. The summed E-state index contributed by atoms with van der Waals surface area (Å²) in [5.41, 5.74) is -1.86. The second kappa shape index (κ2) is 10.8. The van der Waals surface area contributed by atoms with E-state index in [-0.39, 0.29) is 22.1 Å². The fourth-order valence-corrected chi connectivity index (χ4v) is 4.91. The van der Waals surface area contributed by atoms with Crippen molar-refractivity contribution < 1.29 is 31.1 Å². The Labute approximate surface area is 218 Å². The molecule has 202 valence electrons. The first-order valence-corrected chi connectivity index (χ1v) is 12.3. The SMILES string of the molecule is CN(C)CCCNC1=NC(=O)C(=C(Cc2ccc(C(F)(F)F)cc2C(F)(F)F)c2ccc3[nH]ncc3c2)S1. The number of aromatic nitrogens is 2. The van der Waals surface area contributed by atoms with Crippen LogP contribution in [0.2, 0.25) is 0 Å². The van der Waals surface area contributed by atoms with Crippen molar-refractivity contribution in [3.05, 3.63) is 69.8 Å². The van der Waals surface area contributed by atoms with Gasteiger partial charge in [0.15, 0.2) is 5.17 Å². The number of rotatable bonds is 7. The van der Waals surface area contributed by atoms with E-state index in [9.17, 15) is 31.1 Å². The van der Waals surface area contributed by atoms with Gasteiger partial charge in [0.1, 0.15) is 0 Å². The fraction of sp³-hybridized carbons (Fsp3) is 0.320. The zero-order valence-corrected chi connectivity index (χ0v) is 21.1. The number of amides is 1. The molecule has 3 aromatic rings. The predicted octanol–water partition coefficient (Wildman–Crippen LogP) is 5.73. The second-order valence-electron chi connectivity index (χ2n) is 8.93. The Kier molecular flexibility index (Phi) is 7.88. The zero-order valence-electron chi connectivity index (χ0n) is 20.3. The van der Waals surface area contributed by atoms with Crippen molar-refractivity contribution in [1.82, 2.24) is 20.4 Å². The molecule has 1 aliphatic heterocycles. The fourth-order valence-electron chi connectivity index (χ4n) is 3.97. The number of carbonyl (C=O) groups excluding carboxylic acids is 1. The molecule has 0 spiro atoms. The first kappa shape index (κ1) is 27.7. The van der Waals surface area contributed by atoms with Gasteiger partial charge in [-0.1, -0.05) is 12.1 Å². The molecule has 4 rings (SSSR count). The number of amidine groups is 1. The summed E-state index contributed by atoms with van der Waals surface area (Å²) < 4.78 is 81.2. The molecule has 38 heavy (non-hydrogen) atoms. The maximum atomic E-state index is 13.9. The molecule has 1 aliphatic rings. The normalized spacial score (nSPS) is 15.9. The highest BCUT2D eigenvalue weighted by Crippen LogP contribution is 2.41. The summed E-state index contributed by atoms with van der Waals surface area (Å²) in [6.07, 6.45) is -8.12. The number of thioether (sulfide) groups is 1. The van der Waals surface area contributed by atoms with Gasteiger partial charge in [-0.3, -0.25) is 9.89 Å². The number of H-pyrrole nitrogens is 1. The number of hydrogen-bond acceptors (Lipinski definition) is 5. The number of aromatic amines is 1. The van der Waals surface area contributed by atoms with E-state index in [0.29, 0.717) is 34.2 Å². The summed E-state index contributed by atoms with van der Waals surface area (Å²) in [7, 11) is 3.84. The molecule has 0 saturated heterocycles. The molecule has 0 saturated carbocycles. The number of allylic oxidation sites excluding steroid dienone is 1. The minimum Gasteiger partial charge on any atom is -0.364 e. The number of nitrogens with zero attached hydrogens (tertiary/aromatic N) is 3. The number of halogens is 6. The summed E-state index contributed by atoms with van der Waals surface area (Å²) >= 11 is 0.999. The Bertz CT molecular complexity index is 1410. The van der Waals surface area contributed by atoms with E-state index in [1.807, 2.05) is 19.0 Å². The number of carbonyl (C=O) groups is 1. The molecule has 0 unspecified atom stereocenters. The van der Waals surface area contributed by atoms with E-state index in [4.69, 9.17) is 0 Å². The molecule has 0 fully saturated rings. The second-order valence-corrected chi connectivity index (χ2v) is 9.93. The van der Waals surface area contributed by atoms with Crippen LogP contribution in [0.3, 0.4) is 0 Å². The van der Waals surface area contributed by atoms with E-state index in [2.05, 4.69) is 20.5 Å². The van der Waals surface area contributed by atoms with E-state index >= 15 is 0 Å². The van der Waals surface area contributed by atoms with Crippen LogP contribution >= 0.6 is 11.8 Å². The molecule has 2 heterocycles. The Morgan fingerprint density at radius 1 is 1.05 bits per heavy atom. The van der Waals surface area contributed by atoms with Crippen molar-refractivity contribution in [3.63, 3.8) is 0 Å². The van der Waals surface area contributed by atoms with Crippen LogP contribution in [-0.4, -0.2) is 53.4 Å². The number of aliphatic imine (C=N–C) groups is 1. The van der Waals surface area contributed by atoms with Crippen LogP contribution in [0, 0.1) is 0 Å². The summed E-state index contributed by atoms with van der Waals surface area (Å²) in [6, 6.07) is 6.49. The topological polar surface area (TPSA) is 73.4 Å². The van der Waals surface area contributed by atoms with Crippen LogP contribution in [-0.2, 0) is 23.6 Å². The molecule has 13 heteroatoms. The van der Waals surface area contributed by atoms with Crippen LogP contribution in [0.4, 0.5) is 26.3 Å². The van der Waals surface area contributed by atoms with E-state index in [1.54, 1.807) is 18.2 Å². The molecule has 2 aromatic carbocycles. The largest absolute Gasteiger partial charge is 0.416 e. The van der Waals surface area contributed by atoms with Crippen molar-refractivity contribution in [2.75, 3.05) is 27.2 Å². The molecule has 1 amide bonds. The third kappa shape index (κ3) is 6.38. The van der Waals surface area contributed by atoms with Crippen molar-refractivity contribution in [1.29, 1.82) is 0 Å². The summed E-state index contributed by atoms with van der Waals surface area (Å²) in [6.45, 7) is 1.32. The first-order valence-electron chi connectivity index (χ1n) is 11.5. The lowest BCUT2D eigenvalue weighted by Crippen LogP contribution is -2.24. The highest BCUT2D eigenvalue weighted by Gasteiger charge is 2.38. The van der Waals surface area contributed by atoms with Gasteiger partial charge in [-0.15, -0.1) is 0 Å². The minimum absolute atomic E-state index is 0.106. The molecular formula is C25H23F6N5OS. The number of hydrogen-bond donors (Lipinski definition) is 2. The Balaban J connectivity index is 1.75. The Morgan fingerprint density at radius 2 is 1.82 bits per heavy atom. The summed E-state index contributed by atoms with van der Waals surface area (Å²) in [5.74, 6) is -0.632. The monoisotopic (exact) mass is 555 g/mol. The van der Waals surface area contributed by atoms with Gasteiger partial charge in [-0.05, 0) is 86.2 Å². The van der Waals surface area contributed by atoms with Gasteiger partial charge >= 0.3 is 12.4 Å². The van der Waals surface area contributed by atoms with Crippen LogP contribution in [0.15, 0.2) is 52.5 Å². The lowest BCUT2D eigenvalue weighted by atomic mass is 9.92. The highest BCUT2D eigenvalue weighted by molar-refractivity contribution is 8.18. The molecular weight excluding hydrogens is 532 g/mol. The summed E-state index contributed by atoms with van der Waals surface area (Å²) in [4.78, 5) is 19.0. The van der Waals surface area contributed by atoms with Crippen LogP contribution in [0.1, 0.15) is 28.7 Å². The smallest absolute Gasteiger partial charge is 0.364 e. The maximum absolute atomic E-state index is 13.9. The molecule has 6 nitrogen and oxygen atoms in total. The van der Waals surface area contributed by atoms with Gasteiger partial charge < -0.3 is 10.2 Å². The molecule has 0 radical (unpaired) electrons. The van der Waals surface area contributed by atoms with Gasteiger partial charge in [-0.2, -0.15) is 36.4 Å². The predicted molar refractivity (Wildman–Crippen MR) is 134 cm³/mol. The van der Waals surface area contributed by atoms with Gasteiger partial charge in [-0.25, -0.2) is 0 Å².